The molecule has 0 aliphatic rings. The van der Waals surface area contributed by atoms with Crippen LogP contribution in [0.15, 0.2) is 30.3 Å². The van der Waals surface area contributed by atoms with Gasteiger partial charge in [-0.05, 0) is 0 Å². The number of nitrogens with zero attached hydrogens (tertiary/aromatic N) is 2. The molecular weight excluding hydrogens is 193 g/mol. The van der Waals surface area contributed by atoms with Crippen molar-refractivity contribution in [2.75, 3.05) is 0 Å². The summed E-state index contributed by atoms with van der Waals surface area (Å²) in [6, 6.07) is 7.77. The van der Waals surface area contributed by atoms with E-state index < -0.39 is 6.42 Å². The van der Waals surface area contributed by atoms with Crippen LogP contribution < -0.4 is 56.8 Å². The Kier molecular flexibility index (Phi) is 5.47. The summed E-state index contributed by atoms with van der Waals surface area (Å²) in [5, 5.41) is 16.8. The van der Waals surface area contributed by atoms with E-state index in [0.717, 1.165) is 0 Å². The van der Waals surface area contributed by atoms with Gasteiger partial charge in [0.05, 0.1) is 0 Å². The molecule has 0 atom stereocenters. The summed E-state index contributed by atoms with van der Waals surface area (Å²) in [5.41, 5.74) is 0.141. The maximum atomic E-state index is 13.3. The van der Waals surface area contributed by atoms with Gasteiger partial charge in [-0.1, -0.05) is 42.3 Å². The van der Waals surface area contributed by atoms with E-state index in [1.165, 1.54) is 24.1 Å². The van der Waals surface area contributed by atoms with Crippen LogP contribution in [0.25, 0.3) is 0 Å². The van der Waals surface area contributed by atoms with E-state index in [1.807, 2.05) is 0 Å². The maximum Gasteiger partial charge on any atom is 1.00 e. The quantitative estimate of drug-likeness (QED) is 0.487. The minimum atomic E-state index is -3.16. The SMILES string of the molecule is N#C[B-](F)(C#N)c1ccccc1.[K+]. The van der Waals surface area contributed by atoms with Crippen LogP contribution in [-0.2, 0) is 0 Å². The molecule has 0 saturated heterocycles. The third-order valence-corrected chi connectivity index (χ3v) is 1.61. The first-order chi connectivity index (χ1) is 5.73. The second-order valence-corrected chi connectivity index (χ2v) is 2.43. The van der Waals surface area contributed by atoms with Crippen molar-refractivity contribution in [3.05, 3.63) is 30.3 Å². The Morgan fingerprint density at radius 1 is 1.08 bits per heavy atom. The molecule has 0 aliphatic carbocycles. The second-order valence-electron chi connectivity index (χ2n) is 2.43. The van der Waals surface area contributed by atoms with Crippen molar-refractivity contribution in [3.63, 3.8) is 0 Å². The number of nitriles is 2. The largest absolute Gasteiger partial charge is 1.00 e. The fourth-order valence-corrected chi connectivity index (χ4v) is 0.896. The van der Waals surface area contributed by atoms with Crippen LogP contribution in [0, 0.1) is 22.5 Å². The van der Waals surface area contributed by atoms with E-state index >= 15 is 0 Å². The van der Waals surface area contributed by atoms with Crippen LogP contribution in [0.1, 0.15) is 0 Å². The molecule has 0 bridgehead atoms. The van der Waals surface area contributed by atoms with E-state index in [1.54, 1.807) is 18.2 Å². The van der Waals surface area contributed by atoms with Crippen LogP contribution in [0.3, 0.4) is 0 Å². The summed E-state index contributed by atoms with van der Waals surface area (Å²) in [5.74, 6) is 2.76. The predicted octanol–water partition coefficient (Wildman–Crippen LogP) is -2.06. The minimum absolute atomic E-state index is 0. The predicted molar refractivity (Wildman–Crippen MR) is 44.2 cm³/mol. The van der Waals surface area contributed by atoms with Gasteiger partial charge in [-0.2, -0.15) is 0 Å². The third kappa shape index (κ3) is 2.91. The molecule has 13 heavy (non-hydrogen) atoms. The van der Waals surface area contributed by atoms with Gasteiger partial charge in [0.25, 0.3) is 0 Å². The third-order valence-electron chi connectivity index (χ3n) is 1.61. The molecule has 0 radical (unpaired) electrons. The van der Waals surface area contributed by atoms with Crippen LogP contribution >= 0.6 is 0 Å². The summed E-state index contributed by atoms with van der Waals surface area (Å²) in [7, 11) is 0. The Balaban J connectivity index is 0.00000144. The summed E-state index contributed by atoms with van der Waals surface area (Å²) in [6.45, 7) is 0. The van der Waals surface area contributed by atoms with Gasteiger partial charge in [-0.15, -0.1) is 5.46 Å². The van der Waals surface area contributed by atoms with Gasteiger partial charge in [0.1, 0.15) is 0 Å². The summed E-state index contributed by atoms with van der Waals surface area (Å²) in [4.78, 5) is 0. The van der Waals surface area contributed by atoms with Crippen molar-refractivity contribution in [3.8, 4) is 11.9 Å². The average molecular weight is 198 g/mol. The summed E-state index contributed by atoms with van der Waals surface area (Å²) in [6.07, 6.45) is -3.16. The number of halogens is 1. The molecule has 1 aromatic rings. The standard InChI is InChI=1S/C8H5BFN2.K/c10-9(6-11,7-12)8-4-2-1-3-5-8;/h1-5H;/q-1;+1. The molecule has 0 aromatic heterocycles. The molecule has 58 valence electrons. The monoisotopic (exact) mass is 198 g/mol. The van der Waals surface area contributed by atoms with E-state index in [2.05, 4.69) is 0 Å². The molecule has 5 heteroatoms. The second kappa shape index (κ2) is 5.54. The van der Waals surface area contributed by atoms with Crippen molar-refractivity contribution < 1.29 is 55.7 Å². The molecule has 2 nitrogen and oxygen atoms in total. The van der Waals surface area contributed by atoms with Crippen molar-refractivity contribution in [1.29, 1.82) is 10.5 Å². The van der Waals surface area contributed by atoms with Gasteiger partial charge >= 0.3 is 57.8 Å². The molecule has 0 aliphatic heterocycles. The molecule has 1 aromatic carbocycles. The van der Waals surface area contributed by atoms with Crippen molar-refractivity contribution in [2.24, 2.45) is 0 Å². The Labute approximate surface area is 119 Å². The van der Waals surface area contributed by atoms with Crippen molar-refractivity contribution >= 4 is 11.9 Å². The van der Waals surface area contributed by atoms with Crippen molar-refractivity contribution in [1.82, 2.24) is 0 Å². The topological polar surface area (TPSA) is 47.6 Å². The van der Waals surface area contributed by atoms with Crippen LogP contribution in [0.5, 0.6) is 0 Å². The first kappa shape index (κ1) is 12.8. The van der Waals surface area contributed by atoms with Gasteiger partial charge in [0, 0.05) is 0 Å². The van der Waals surface area contributed by atoms with Gasteiger partial charge in [0.2, 0.25) is 0 Å². The Bertz CT molecular complexity index is 341. The molecule has 0 saturated carbocycles. The Hall–Kier alpha value is -0.169. The van der Waals surface area contributed by atoms with Crippen LogP contribution in [-0.4, -0.2) is 6.42 Å². The Morgan fingerprint density at radius 2 is 1.54 bits per heavy atom. The molecule has 1 rings (SSSR count). The van der Waals surface area contributed by atoms with E-state index in [9.17, 15) is 4.32 Å². The van der Waals surface area contributed by atoms with Gasteiger partial charge in [-0.3, -0.25) is 0 Å². The Morgan fingerprint density at radius 3 is 1.92 bits per heavy atom. The van der Waals surface area contributed by atoms with E-state index in [4.69, 9.17) is 10.5 Å². The summed E-state index contributed by atoms with van der Waals surface area (Å²) < 4.78 is 13.3. The zero-order chi connectivity index (χ0) is 9.03. The smallest absolute Gasteiger partial charge is 0.476 e. The minimum Gasteiger partial charge on any atom is -0.476 e. The average Bonchev–Trinajstić information content (AvgIpc) is 2.18. The van der Waals surface area contributed by atoms with E-state index in [-0.39, 0.29) is 56.8 Å². The zero-order valence-corrected chi connectivity index (χ0v) is 10.4. The fraction of sp³-hybridized carbons (Fsp3) is 0. The molecule has 0 spiro atoms. The summed E-state index contributed by atoms with van der Waals surface area (Å²) >= 11 is 0. The molecule has 0 amide bonds. The normalized spacial score (nSPS) is 9.15. The van der Waals surface area contributed by atoms with Crippen molar-refractivity contribution in [2.45, 2.75) is 0 Å². The van der Waals surface area contributed by atoms with Crippen LogP contribution in [0.2, 0.25) is 0 Å². The number of rotatable bonds is 1. The van der Waals surface area contributed by atoms with Gasteiger partial charge < -0.3 is 4.32 Å². The van der Waals surface area contributed by atoms with Crippen LogP contribution in [0.4, 0.5) is 4.32 Å². The number of hydrogen-bond acceptors (Lipinski definition) is 2. The first-order valence-electron chi connectivity index (χ1n) is 3.44. The molecule has 0 fully saturated rings. The zero-order valence-electron chi connectivity index (χ0n) is 7.24. The molecule has 0 N–H and O–H groups in total. The molecule has 0 heterocycles. The number of hydrogen-bond donors (Lipinski definition) is 0. The van der Waals surface area contributed by atoms with Gasteiger partial charge in [-0.25, -0.2) is 10.5 Å². The molecule has 0 unspecified atom stereocenters. The fourth-order valence-electron chi connectivity index (χ4n) is 0.896. The molecular formula is C8H5BFKN2. The number of benzene rings is 1. The van der Waals surface area contributed by atoms with E-state index in [0.29, 0.717) is 0 Å². The van der Waals surface area contributed by atoms with Gasteiger partial charge in [0.15, 0.2) is 0 Å². The maximum absolute atomic E-state index is 13.3. The first-order valence-corrected chi connectivity index (χ1v) is 3.44.